The normalized spacial score (nSPS) is 12.6. The zero-order chi connectivity index (χ0) is 56.4. The van der Waals surface area contributed by atoms with Gasteiger partial charge in [0.2, 0.25) is 5.91 Å². The third-order valence-electron chi connectivity index (χ3n) is 16.8. The molecule has 0 aromatic rings. The summed E-state index contributed by atoms with van der Waals surface area (Å²) in [6, 6.07) is -0.544. The number of aliphatic hydroxyl groups is 2. The van der Waals surface area contributed by atoms with Crippen LogP contribution in [0, 0.1) is 0 Å². The van der Waals surface area contributed by atoms with Crippen molar-refractivity contribution < 1.29 is 24.5 Å². The van der Waals surface area contributed by atoms with E-state index in [0.29, 0.717) is 25.9 Å². The molecule has 0 saturated heterocycles. The van der Waals surface area contributed by atoms with Crippen molar-refractivity contribution in [3.05, 3.63) is 24.3 Å². The lowest BCUT2D eigenvalue weighted by molar-refractivity contribution is -0.143. The molecule has 0 heterocycles. The smallest absolute Gasteiger partial charge is 0.305 e. The van der Waals surface area contributed by atoms with Gasteiger partial charge in [0.05, 0.1) is 25.4 Å². The van der Waals surface area contributed by atoms with Gasteiger partial charge in [-0.1, -0.05) is 353 Å². The van der Waals surface area contributed by atoms with E-state index in [1.165, 1.54) is 321 Å². The van der Waals surface area contributed by atoms with Crippen molar-refractivity contribution in [1.82, 2.24) is 5.32 Å². The molecule has 0 spiro atoms. The van der Waals surface area contributed by atoms with Gasteiger partial charge in [0.25, 0.3) is 0 Å². The average molecular weight is 1100 g/mol. The third kappa shape index (κ3) is 63.5. The number of hydrogen-bond acceptors (Lipinski definition) is 5. The standard InChI is InChI=1S/C72H139NO5/c1-3-5-7-9-11-13-15-17-19-32-36-40-44-48-52-56-60-64-70(75)69(68-74)73-71(76)65-61-57-53-49-45-41-37-34-30-28-26-24-22-21-23-25-27-29-31-35-39-43-47-51-55-59-63-67-78-72(77)66-62-58-54-50-46-42-38-33-20-18-16-14-12-10-8-6-4-2/h21-22,25,27,69-70,74-75H,3-20,23-24,26,28-68H2,1-2H3,(H,73,76)/b22-21-,27-25-. The maximum atomic E-state index is 12.5. The van der Waals surface area contributed by atoms with Gasteiger partial charge in [0.1, 0.15) is 0 Å². The van der Waals surface area contributed by atoms with Crippen molar-refractivity contribution in [2.45, 2.75) is 411 Å². The van der Waals surface area contributed by atoms with E-state index in [1.807, 2.05) is 0 Å². The van der Waals surface area contributed by atoms with Crippen molar-refractivity contribution in [1.29, 1.82) is 0 Å². The van der Waals surface area contributed by atoms with E-state index >= 15 is 0 Å². The summed E-state index contributed by atoms with van der Waals surface area (Å²) >= 11 is 0. The summed E-state index contributed by atoms with van der Waals surface area (Å²) in [5.41, 5.74) is 0. The zero-order valence-electron chi connectivity index (χ0n) is 52.9. The predicted molar refractivity (Wildman–Crippen MR) is 343 cm³/mol. The maximum Gasteiger partial charge on any atom is 0.305 e. The Bertz CT molecular complexity index is 1220. The van der Waals surface area contributed by atoms with Gasteiger partial charge in [-0.3, -0.25) is 9.59 Å². The SMILES string of the molecule is CCCCCCCCCCCCCCCCCCCC(=O)OCCCCCCCCCCC/C=C\C/C=C\CCCCCCCCCCCCCC(=O)NC(CO)C(O)CCCCCCCCCCCCCCCCCCC. The number of ether oxygens (including phenoxy) is 1. The van der Waals surface area contributed by atoms with E-state index in [4.69, 9.17) is 4.74 Å². The molecule has 6 nitrogen and oxygen atoms in total. The van der Waals surface area contributed by atoms with Crippen LogP contribution < -0.4 is 5.32 Å². The van der Waals surface area contributed by atoms with Crippen LogP contribution in [0.5, 0.6) is 0 Å². The highest BCUT2D eigenvalue weighted by molar-refractivity contribution is 5.76. The summed E-state index contributed by atoms with van der Waals surface area (Å²) in [4.78, 5) is 24.6. The molecule has 0 fully saturated rings. The summed E-state index contributed by atoms with van der Waals surface area (Å²) in [6.07, 6.45) is 85.1. The molecule has 0 aromatic heterocycles. The third-order valence-corrected chi connectivity index (χ3v) is 16.8. The lowest BCUT2D eigenvalue weighted by Gasteiger charge is -2.22. The predicted octanol–water partition coefficient (Wildman–Crippen LogP) is 22.9. The molecule has 0 rings (SSSR count). The Labute approximate surface area is 488 Å². The van der Waals surface area contributed by atoms with E-state index in [9.17, 15) is 19.8 Å². The second-order valence-electron chi connectivity index (χ2n) is 24.6. The molecule has 0 bridgehead atoms. The molecular formula is C72H139NO5. The molecule has 0 aliphatic rings. The number of allylic oxidation sites excluding steroid dienone is 4. The average Bonchev–Trinajstić information content (AvgIpc) is 3.44. The largest absolute Gasteiger partial charge is 0.466 e. The molecule has 462 valence electrons. The summed E-state index contributed by atoms with van der Waals surface area (Å²) in [5, 5.41) is 23.4. The van der Waals surface area contributed by atoms with E-state index in [-0.39, 0.29) is 18.5 Å². The number of hydrogen-bond donors (Lipinski definition) is 3. The molecule has 0 aliphatic carbocycles. The molecule has 0 aromatic carbocycles. The fraction of sp³-hybridized carbons (Fsp3) is 0.917. The lowest BCUT2D eigenvalue weighted by atomic mass is 10.0. The quantitative estimate of drug-likeness (QED) is 0.0320. The molecule has 2 atom stereocenters. The van der Waals surface area contributed by atoms with Crippen LogP contribution in [0.25, 0.3) is 0 Å². The van der Waals surface area contributed by atoms with Gasteiger partial charge in [0, 0.05) is 12.8 Å². The van der Waals surface area contributed by atoms with Gasteiger partial charge >= 0.3 is 5.97 Å². The molecular weight excluding hydrogens is 959 g/mol. The Kier molecular flexibility index (Phi) is 66.4. The molecule has 0 aliphatic heterocycles. The minimum Gasteiger partial charge on any atom is -0.466 e. The maximum absolute atomic E-state index is 12.5. The van der Waals surface area contributed by atoms with Crippen LogP contribution >= 0.6 is 0 Å². The minimum absolute atomic E-state index is 0.0154. The summed E-state index contributed by atoms with van der Waals surface area (Å²) in [6.45, 7) is 4.99. The van der Waals surface area contributed by atoms with Crippen LogP contribution in [-0.2, 0) is 14.3 Å². The highest BCUT2D eigenvalue weighted by Gasteiger charge is 2.20. The first kappa shape index (κ1) is 76.3. The Morgan fingerprint density at radius 2 is 0.641 bits per heavy atom. The van der Waals surface area contributed by atoms with Crippen molar-refractivity contribution in [3.8, 4) is 0 Å². The van der Waals surface area contributed by atoms with E-state index in [0.717, 1.165) is 44.9 Å². The molecule has 3 N–H and O–H groups in total. The van der Waals surface area contributed by atoms with Crippen LogP contribution in [-0.4, -0.2) is 47.4 Å². The second kappa shape index (κ2) is 67.8. The summed E-state index contributed by atoms with van der Waals surface area (Å²) < 4.78 is 5.50. The fourth-order valence-corrected chi connectivity index (χ4v) is 11.3. The van der Waals surface area contributed by atoms with E-state index in [2.05, 4.69) is 43.5 Å². The Morgan fingerprint density at radius 1 is 0.359 bits per heavy atom. The van der Waals surface area contributed by atoms with Gasteiger partial charge < -0.3 is 20.3 Å². The first-order chi connectivity index (χ1) is 38.5. The minimum atomic E-state index is -0.667. The van der Waals surface area contributed by atoms with Crippen LogP contribution in [0.1, 0.15) is 399 Å². The van der Waals surface area contributed by atoms with Crippen molar-refractivity contribution in [3.63, 3.8) is 0 Å². The van der Waals surface area contributed by atoms with Gasteiger partial charge in [0.15, 0.2) is 0 Å². The Balaban J connectivity index is 3.40. The first-order valence-electron chi connectivity index (χ1n) is 35.6. The first-order valence-corrected chi connectivity index (χ1v) is 35.6. The Morgan fingerprint density at radius 3 is 0.974 bits per heavy atom. The molecule has 0 radical (unpaired) electrons. The molecule has 1 amide bonds. The van der Waals surface area contributed by atoms with Gasteiger partial charge in [-0.2, -0.15) is 0 Å². The van der Waals surface area contributed by atoms with Crippen molar-refractivity contribution in [2.24, 2.45) is 0 Å². The van der Waals surface area contributed by atoms with Crippen LogP contribution in [0.3, 0.4) is 0 Å². The van der Waals surface area contributed by atoms with E-state index < -0.39 is 12.1 Å². The zero-order valence-corrected chi connectivity index (χ0v) is 52.9. The molecule has 6 heteroatoms. The molecule has 78 heavy (non-hydrogen) atoms. The van der Waals surface area contributed by atoms with Crippen molar-refractivity contribution >= 4 is 11.9 Å². The van der Waals surface area contributed by atoms with Gasteiger partial charge in [-0.05, 0) is 57.8 Å². The van der Waals surface area contributed by atoms with Gasteiger partial charge in [-0.25, -0.2) is 0 Å². The number of carbonyl (C=O) groups excluding carboxylic acids is 2. The number of nitrogens with one attached hydrogen (secondary N) is 1. The molecule has 2 unspecified atom stereocenters. The lowest BCUT2D eigenvalue weighted by Crippen LogP contribution is -2.45. The van der Waals surface area contributed by atoms with Crippen LogP contribution in [0.2, 0.25) is 0 Å². The number of carbonyl (C=O) groups is 2. The monoisotopic (exact) mass is 1100 g/mol. The van der Waals surface area contributed by atoms with E-state index in [1.54, 1.807) is 0 Å². The fourth-order valence-electron chi connectivity index (χ4n) is 11.3. The number of esters is 1. The van der Waals surface area contributed by atoms with Crippen LogP contribution in [0.4, 0.5) is 0 Å². The highest BCUT2D eigenvalue weighted by Crippen LogP contribution is 2.19. The Hall–Kier alpha value is -1.66. The number of unbranched alkanes of at least 4 members (excludes halogenated alkanes) is 52. The highest BCUT2D eigenvalue weighted by atomic mass is 16.5. The summed E-state index contributed by atoms with van der Waals surface area (Å²) in [5.74, 6) is -0.0193. The topological polar surface area (TPSA) is 95.9 Å². The summed E-state index contributed by atoms with van der Waals surface area (Å²) in [7, 11) is 0. The number of aliphatic hydroxyl groups excluding tert-OH is 2. The van der Waals surface area contributed by atoms with Crippen molar-refractivity contribution in [2.75, 3.05) is 13.2 Å². The number of amides is 1. The molecule has 0 saturated carbocycles. The number of rotatable bonds is 67. The second-order valence-corrected chi connectivity index (χ2v) is 24.6. The van der Waals surface area contributed by atoms with Crippen LogP contribution in [0.15, 0.2) is 24.3 Å². The van der Waals surface area contributed by atoms with Gasteiger partial charge in [-0.15, -0.1) is 0 Å².